The Labute approximate surface area is 114 Å². The topological polar surface area (TPSA) is 67.8 Å². The van der Waals surface area contributed by atoms with Gasteiger partial charge in [0.15, 0.2) is 0 Å². The summed E-state index contributed by atoms with van der Waals surface area (Å²) in [5.41, 5.74) is -0.912. The van der Waals surface area contributed by atoms with E-state index < -0.39 is 11.5 Å². The van der Waals surface area contributed by atoms with E-state index in [1.165, 1.54) is 0 Å². The Morgan fingerprint density at radius 3 is 2.37 bits per heavy atom. The normalized spacial score (nSPS) is 34.8. The average Bonchev–Trinajstić information content (AvgIpc) is 3.13. The Kier molecular flexibility index (Phi) is 4.48. The molecular weight excluding hydrogens is 246 g/mol. The second-order valence-corrected chi connectivity index (χ2v) is 5.96. The minimum atomic E-state index is -0.912. The highest BCUT2D eigenvalue weighted by molar-refractivity contribution is 5.80. The number of rotatable bonds is 6. The van der Waals surface area contributed by atoms with Crippen LogP contribution in [0.25, 0.3) is 0 Å². The molecule has 3 unspecified atom stereocenters. The van der Waals surface area contributed by atoms with Gasteiger partial charge >= 0.3 is 5.97 Å². The van der Waals surface area contributed by atoms with Crippen molar-refractivity contribution in [2.75, 3.05) is 13.7 Å². The number of carboxylic acid groups (broad SMARTS) is 1. The van der Waals surface area contributed by atoms with Gasteiger partial charge in [-0.25, -0.2) is 0 Å². The van der Waals surface area contributed by atoms with E-state index in [1.54, 1.807) is 7.05 Å². The van der Waals surface area contributed by atoms with Crippen molar-refractivity contribution in [3.8, 4) is 0 Å². The van der Waals surface area contributed by atoms with Crippen molar-refractivity contribution >= 4 is 5.97 Å². The minimum Gasteiger partial charge on any atom is -0.480 e. The molecule has 1 heterocycles. The quantitative estimate of drug-likeness (QED) is 0.764. The third-order valence-electron chi connectivity index (χ3n) is 4.30. The van der Waals surface area contributed by atoms with Gasteiger partial charge in [-0.05, 0) is 52.5 Å². The first-order chi connectivity index (χ1) is 8.98. The lowest BCUT2D eigenvalue weighted by atomic mass is 9.94. The second-order valence-electron chi connectivity index (χ2n) is 5.96. The number of hydrogen-bond acceptors (Lipinski definition) is 4. The maximum Gasteiger partial charge on any atom is 0.326 e. The van der Waals surface area contributed by atoms with Gasteiger partial charge in [-0.3, -0.25) is 4.79 Å². The Bertz CT molecular complexity index is 321. The van der Waals surface area contributed by atoms with E-state index in [0.29, 0.717) is 0 Å². The highest BCUT2D eigenvalue weighted by Gasteiger charge is 2.51. The van der Waals surface area contributed by atoms with Crippen LogP contribution in [-0.2, 0) is 14.3 Å². The zero-order valence-corrected chi connectivity index (χ0v) is 12.0. The first-order valence-corrected chi connectivity index (χ1v) is 7.17. The molecule has 2 fully saturated rings. The molecule has 110 valence electrons. The van der Waals surface area contributed by atoms with Gasteiger partial charge in [-0.15, -0.1) is 0 Å². The van der Waals surface area contributed by atoms with E-state index in [2.05, 4.69) is 5.32 Å². The lowest BCUT2D eigenvalue weighted by Gasteiger charge is -2.35. The Hall–Kier alpha value is -0.650. The molecule has 0 aromatic carbocycles. The van der Waals surface area contributed by atoms with Gasteiger partial charge in [0.2, 0.25) is 0 Å². The molecule has 1 aliphatic heterocycles. The third kappa shape index (κ3) is 3.27. The van der Waals surface area contributed by atoms with E-state index >= 15 is 0 Å². The summed E-state index contributed by atoms with van der Waals surface area (Å²) in [6.45, 7) is 4.32. The van der Waals surface area contributed by atoms with E-state index in [-0.39, 0.29) is 30.8 Å². The summed E-state index contributed by atoms with van der Waals surface area (Å²) in [5, 5.41) is 12.5. The van der Waals surface area contributed by atoms with Crippen LogP contribution in [-0.4, -0.2) is 48.6 Å². The zero-order valence-electron chi connectivity index (χ0n) is 12.0. The Balaban J connectivity index is 1.93. The number of ether oxygens (including phenoxy) is 2. The lowest BCUT2D eigenvalue weighted by Crippen LogP contribution is -2.56. The van der Waals surface area contributed by atoms with Crippen LogP contribution in [0.2, 0.25) is 0 Å². The largest absolute Gasteiger partial charge is 0.480 e. The molecule has 1 saturated heterocycles. The molecule has 1 aliphatic carbocycles. The van der Waals surface area contributed by atoms with Gasteiger partial charge in [0.25, 0.3) is 0 Å². The average molecular weight is 271 g/mol. The smallest absolute Gasteiger partial charge is 0.326 e. The first kappa shape index (κ1) is 14.8. The minimum absolute atomic E-state index is 0.101. The molecule has 5 nitrogen and oxygen atoms in total. The molecule has 0 bridgehead atoms. The van der Waals surface area contributed by atoms with Crippen molar-refractivity contribution < 1.29 is 19.4 Å². The van der Waals surface area contributed by atoms with Crippen LogP contribution in [0.3, 0.4) is 0 Å². The van der Waals surface area contributed by atoms with E-state index in [9.17, 15) is 9.90 Å². The number of carbonyl (C=O) groups is 1. The van der Waals surface area contributed by atoms with Crippen LogP contribution < -0.4 is 5.32 Å². The Morgan fingerprint density at radius 1 is 1.37 bits per heavy atom. The van der Waals surface area contributed by atoms with Crippen LogP contribution in [0.5, 0.6) is 0 Å². The summed E-state index contributed by atoms with van der Waals surface area (Å²) in [6.07, 6.45) is 4.09. The van der Waals surface area contributed by atoms with Crippen LogP contribution >= 0.6 is 0 Å². The van der Waals surface area contributed by atoms with Gasteiger partial charge in [-0.1, -0.05) is 0 Å². The molecule has 1 saturated carbocycles. The molecule has 0 radical (unpaired) electrons. The van der Waals surface area contributed by atoms with Crippen molar-refractivity contribution in [3.05, 3.63) is 0 Å². The van der Waals surface area contributed by atoms with Crippen LogP contribution in [0.4, 0.5) is 0 Å². The fourth-order valence-electron chi connectivity index (χ4n) is 3.04. The molecule has 2 N–H and O–H groups in total. The maximum absolute atomic E-state index is 11.6. The van der Waals surface area contributed by atoms with Crippen LogP contribution in [0.1, 0.15) is 39.5 Å². The van der Waals surface area contributed by atoms with Crippen molar-refractivity contribution in [3.63, 3.8) is 0 Å². The monoisotopic (exact) mass is 271 g/mol. The molecule has 5 heteroatoms. The van der Waals surface area contributed by atoms with Crippen molar-refractivity contribution in [1.82, 2.24) is 5.32 Å². The molecule has 2 rings (SSSR count). The molecule has 0 amide bonds. The van der Waals surface area contributed by atoms with Crippen molar-refractivity contribution in [2.24, 2.45) is 5.92 Å². The summed E-state index contributed by atoms with van der Waals surface area (Å²) < 4.78 is 11.6. The maximum atomic E-state index is 11.6. The number of likely N-dealkylation sites (N-methyl/N-ethyl adjacent to an activating group) is 1. The predicted molar refractivity (Wildman–Crippen MR) is 71.1 cm³/mol. The summed E-state index contributed by atoms with van der Waals surface area (Å²) >= 11 is 0. The summed E-state index contributed by atoms with van der Waals surface area (Å²) in [6, 6.07) is 0. The highest BCUT2D eigenvalue weighted by Crippen LogP contribution is 2.40. The molecule has 0 aromatic heterocycles. The molecule has 0 aromatic rings. The SMILES string of the molecule is CNC(COC1CC(C)OC(C)C1)(C(=O)O)C1CC1. The number of hydrogen-bond donors (Lipinski definition) is 2. The van der Waals surface area contributed by atoms with Gasteiger partial charge in [-0.2, -0.15) is 0 Å². The lowest BCUT2D eigenvalue weighted by molar-refractivity contribution is -0.154. The summed E-state index contributed by atoms with van der Waals surface area (Å²) in [5.74, 6) is -0.602. The van der Waals surface area contributed by atoms with Crippen molar-refractivity contribution in [1.29, 1.82) is 0 Å². The molecule has 3 atom stereocenters. The second kappa shape index (κ2) is 5.77. The van der Waals surface area contributed by atoms with E-state index in [0.717, 1.165) is 25.7 Å². The molecular formula is C14H25NO4. The number of carboxylic acids is 1. The third-order valence-corrected chi connectivity index (χ3v) is 4.30. The fraction of sp³-hybridized carbons (Fsp3) is 0.929. The van der Waals surface area contributed by atoms with E-state index in [4.69, 9.17) is 9.47 Å². The standard InChI is InChI=1S/C14H25NO4/c1-9-6-12(7-10(2)19-9)18-8-14(15-3,13(16)17)11-4-5-11/h9-12,15H,4-8H2,1-3H3,(H,16,17). The Morgan fingerprint density at radius 2 is 1.95 bits per heavy atom. The van der Waals surface area contributed by atoms with Gasteiger partial charge in [0.05, 0.1) is 24.9 Å². The summed E-state index contributed by atoms with van der Waals surface area (Å²) in [7, 11) is 1.71. The van der Waals surface area contributed by atoms with Gasteiger partial charge in [0, 0.05) is 0 Å². The molecule has 2 aliphatic rings. The highest BCUT2D eigenvalue weighted by atomic mass is 16.5. The summed E-state index contributed by atoms with van der Waals surface area (Å²) in [4.78, 5) is 11.6. The van der Waals surface area contributed by atoms with Gasteiger partial charge < -0.3 is 19.9 Å². The first-order valence-electron chi connectivity index (χ1n) is 7.17. The van der Waals surface area contributed by atoms with E-state index in [1.807, 2.05) is 13.8 Å². The van der Waals surface area contributed by atoms with Crippen LogP contribution in [0.15, 0.2) is 0 Å². The van der Waals surface area contributed by atoms with Gasteiger partial charge in [0.1, 0.15) is 5.54 Å². The van der Waals surface area contributed by atoms with Crippen molar-refractivity contribution in [2.45, 2.75) is 63.4 Å². The molecule has 0 spiro atoms. The van der Waals surface area contributed by atoms with Crippen LogP contribution in [0, 0.1) is 5.92 Å². The number of nitrogens with one attached hydrogen (secondary N) is 1. The molecule has 19 heavy (non-hydrogen) atoms. The predicted octanol–water partition coefficient (Wildman–Crippen LogP) is 1.41. The zero-order chi connectivity index (χ0) is 14.0. The fourth-order valence-corrected chi connectivity index (χ4v) is 3.04. The number of aliphatic carboxylic acids is 1.